The Kier molecular flexibility index (Phi) is 10.1. The van der Waals surface area contributed by atoms with Crippen molar-refractivity contribution in [3.05, 3.63) is 0 Å². The van der Waals surface area contributed by atoms with Crippen molar-refractivity contribution in [1.29, 1.82) is 0 Å². The summed E-state index contributed by atoms with van der Waals surface area (Å²) in [6.45, 7) is 12.7. The first-order valence-corrected chi connectivity index (χ1v) is 12.3. The van der Waals surface area contributed by atoms with Crippen LogP contribution in [-0.2, 0) is 19.1 Å². The summed E-state index contributed by atoms with van der Waals surface area (Å²) in [7, 11) is 0. The van der Waals surface area contributed by atoms with Crippen LogP contribution in [0.5, 0.6) is 0 Å². The fourth-order valence-electron chi connectivity index (χ4n) is 4.99. The number of ether oxygens (including phenoxy) is 2. The molecule has 6 heteroatoms. The molecular formula is C24H46N2O4+2. The maximum absolute atomic E-state index is 12.2. The molecule has 0 radical (unpaired) electrons. The van der Waals surface area contributed by atoms with Gasteiger partial charge in [0.1, 0.15) is 11.2 Å². The summed E-state index contributed by atoms with van der Waals surface area (Å²) in [5, 5.41) is 4.67. The second-order valence-corrected chi connectivity index (χ2v) is 10.3. The van der Waals surface area contributed by atoms with Crippen LogP contribution in [0.15, 0.2) is 0 Å². The molecule has 4 N–H and O–H groups in total. The van der Waals surface area contributed by atoms with E-state index in [2.05, 4.69) is 38.3 Å². The van der Waals surface area contributed by atoms with Crippen LogP contribution in [0.1, 0.15) is 91.9 Å². The summed E-state index contributed by atoms with van der Waals surface area (Å²) >= 11 is 0. The summed E-state index contributed by atoms with van der Waals surface area (Å²) in [6.07, 6.45) is 8.96. The number of carbonyl (C=O) groups excluding carboxylic acids is 2. The van der Waals surface area contributed by atoms with E-state index in [-0.39, 0.29) is 23.1 Å². The van der Waals surface area contributed by atoms with Gasteiger partial charge in [0, 0.05) is 50.4 Å². The smallest absolute Gasteiger partial charge is 0.306 e. The molecule has 0 bridgehead atoms. The number of quaternary nitrogens is 2. The first-order valence-electron chi connectivity index (χ1n) is 12.3. The summed E-state index contributed by atoms with van der Waals surface area (Å²) in [6, 6.07) is 0. The quantitative estimate of drug-likeness (QED) is 0.390. The van der Waals surface area contributed by atoms with Crippen LogP contribution in [0.4, 0.5) is 0 Å². The molecule has 0 aliphatic carbocycles. The molecule has 30 heavy (non-hydrogen) atoms. The number of carbonyl (C=O) groups is 2. The first-order chi connectivity index (χ1) is 14.2. The molecule has 6 nitrogen and oxygen atoms in total. The Morgan fingerprint density at radius 3 is 1.33 bits per heavy atom. The van der Waals surface area contributed by atoms with Gasteiger partial charge >= 0.3 is 11.9 Å². The second-order valence-electron chi connectivity index (χ2n) is 10.3. The van der Waals surface area contributed by atoms with Crippen LogP contribution in [-0.4, -0.2) is 49.3 Å². The minimum Gasteiger partial charge on any atom is -0.459 e. The van der Waals surface area contributed by atoms with E-state index in [0.29, 0.717) is 24.7 Å². The van der Waals surface area contributed by atoms with Crippen molar-refractivity contribution >= 4 is 11.9 Å². The maximum Gasteiger partial charge on any atom is 0.306 e. The molecule has 2 aliphatic heterocycles. The van der Waals surface area contributed by atoms with Crippen molar-refractivity contribution in [2.24, 2.45) is 11.8 Å². The highest BCUT2D eigenvalue weighted by Gasteiger charge is 2.36. The van der Waals surface area contributed by atoms with E-state index in [0.717, 1.165) is 77.5 Å². The lowest BCUT2D eigenvalue weighted by Crippen LogP contribution is -2.86. The highest BCUT2D eigenvalue weighted by atomic mass is 16.6. The SMILES string of the molecule is CC(C)(OC(=O)CCCCCCC(=O)OC(C)(C)C1CC[NH2+]CC1)C1CC[NH2+]CC1. The summed E-state index contributed by atoms with van der Waals surface area (Å²) in [5.74, 6) is 0.766. The molecule has 0 saturated carbocycles. The molecule has 0 unspecified atom stereocenters. The van der Waals surface area contributed by atoms with Gasteiger partial charge in [-0.1, -0.05) is 12.8 Å². The van der Waals surface area contributed by atoms with Gasteiger partial charge in [0.15, 0.2) is 0 Å². The molecule has 2 fully saturated rings. The number of hydrogen-bond acceptors (Lipinski definition) is 4. The van der Waals surface area contributed by atoms with E-state index in [1.54, 1.807) is 0 Å². The number of esters is 2. The molecule has 0 atom stereocenters. The number of nitrogens with two attached hydrogens (primary N) is 2. The number of piperidine rings is 2. The van der Waals surface area contributed by atoms with E-state index in [1.165, 1.54) is 0 Å². The topological polar surface area (TPSA) is 85.8 Å². The van der Waals surface area contributed by atoms with Gasteiger partial charge in [-0.05, 0) is 40.5 Å². The molecule has 2 aliphatic rings. The molecular weight excluding hydrogens is 380 g/mol. The van der Waals surface area contributed by atoms with Gasteiger partial charge in [-0.2, -0.15) is 0 Å². The molecule has 2 rings (SSSR count). The average Bonchev–Trinajstić information content (AvgIpc) is 2.71. The van der Waals surface area contributed by atoms with Crippen LogP contribution in [0.3, 0.4) is 0 Å². The third kappa shape index (κ3) is 8.54. The summed E-state index contributed by atoms with van der Waals surface area (Å²) in [5.41, 5.74) is -0.726. The van der Waals surface area contributed by atoms with Crippen molar-refractivity contribution in [3.63, 3.8) is 0 Å². The monoisotopic (exact) mass is 426 g/mol. The molecule has 0 aromatic carbocycles. The van der Waals surface area contributed by atoms with Crippen molar-refractivity contribution in [1.82, 2.24) is 0 Å². The highest BCUT2D eigenvalue weighted by Crippen LogP contribution is 2.29. The third-order valence-electron chi connectivity index (χ3n) is 7.11. The van der Waals surface area contributed by atoms with E-state index in [1.807, 2.05) is 0 Å². The van der Waals surface area contributed by atoms with Crippen LogP contribution in [0, 0.1) is 11.8 Å². The molecule has 0 aromatic heterocycles. The second kappa shape index (κ2) is 12.0. The molecule has 2 heterocycles. The van der Waals surface area contributed by atoms with Crippen molar-refractivity contribution in [2.75, 3.05) is 26.2 Å². The maximum atomic E-state index is 12.2. The van der Waals surface area contributed by atoms with E-state index in [4.69, 9.17) is 9.47 Å². The molecule has 0 spiro atoms. The van der Waals surface area contributed by atoms with Crippen molar-refractivity contribution < 1.29 is 29.7 Å². The fourth-order valence-corrected chi connectivity index (χ4v) is 4.99. The molecule has 174 valence electrons. The molecule has 0 amide bonds. The first kappa shape index (κ1) is 25.1. The van der Waals surface area contributed by atoms with E-state index < -0.39 is 0 Å². The van der Waals surface area contributed by atoms with Gasteiger partial charge in [-0.15, -0.1) is 0 Å². The molecule has 2 saturated heterocycles. The Hall–Kier alpha value is -1.14. The van der Waals surface area contributed by atoms with E-state index >= 15 is 0 Å². The largest absolute Gasteiger partial charge is 0.459 e. The Morgan fingerprint density at radius 2 is 1.00 bits per heavy atom. The fraction of sp³-hybridized carbons (Fsp3) is 0.917. The van der Waals surface area contributed by atoms with Gasteiger partial charge in [-0.3, -0.25) is 9.59 Å². The van der Waals surface area contributed by atoms with E-state index in [9.17, 15) is 9.59 Å². The van der Waals surface area contributed by atoms with Gasteiger partial charge in [-0.25, -0.2) is 0 Å². The lowest BCUT2D eigenvalue weighted by Gasteiger charge is -2.35. The lowest BCUT2D eigenvalue weighted by atomic mass is 9.83. The third-order valence-corrected chi connectivity index (χ3v) is 7.11. The lowest BCUT2D eigenvalue weighted by molar-refractivity contribution is -0.666. The van der Waals surface area contributed by atoms with Crippen LogP contribution < -0.4 is 10.6 Å². The predicted molar refractivity (Wildman–Crippen MR) is 117 cm³/mol. The van der Waals surface area contributed by atoms with Crippen LogP contribution in [0.2, 0.25) is 0 Å². The Morgan fingerprint density at radius 1 is 0.667 bits per heavy atom. The van der Waals surface area contributed by atoms with Gasteiger partial charge in [0.05, 0.1) is 26.2 Å². The van der Waals surface area contributed by atoms with Crippen molar-refractivity contribution in [2.45, 2.75) is 103 Å². The standard InChI is InChI=1S/C24H44N2O4/c1-23(2,19-11-15-25-16-12-19)29-21(27)9-7-5-6-8-10-22(28)30-24(3,4)20-13-17-26-18-14-20/h19-20,25-26H,5-18H2,1-4H3/p+2. The van der Waals surface area contributed by atoms with Crippen molar-refractivity contribution in [3.8, 4) is 0 Å². The predicted octanol–water partition coefficient (Wildman–Crippen LogP) is 1.92. The van der Waals surface area contributed by atoms with Gasteiger partial charge < -0.3 is 20.1 Å². The number of rotatable bonds is 11. The zero-order chi connectivity index (χ0) is 22.0. The minimum atomic E-state index is -0.363. The Labute approximate surface area is 183 Å². The number of hydrogen-bond donors (Lipinski definition) is 2. The summed E-state index contributed by atoms with van der Waals surface area (Å²) in [4.78, 5) is 24.5. The highest BCUT2D eigenvalue weighted by molar-refractivity contribution is 5.70. The van der Waals surface area contributed by atoms with Gasteiger partial charge in [0.2, 0.25) is 0 Å². The zero-order valence-electron chi connectivity index (χ0n) is 19.8. The molecule has 0 aromatic rings. The minimum absolute atomic E-state index is 0.0829. The number of unbranched alkanes of at least 4 members (excludes halogenated alkanes) is 3. The van der Waals surface area contributed by atoms with Crippen LogP contribution >= 0.6 is 0 Å². The Balaban J connectivity index is 1.54. The zero-order valence-corrected chi connectivity index (χ0v) is 19.8. The Bertz CT molecular complexity index is 487. The van der Waals surface area contributed by atoms with Crippen LogP contribution in [0.25, 0.3) is 0 Å². The normalized spacial score (nSPS) is 19.5. The summed E-state index contributed by atoms with van der Waals surface area (Å²) < 4.78 is 11.6. The average molecular weight is 427 g/mol. The van der Waals surface area contributed by atoms with Gasteiger partial charge in [0.25, 0.3) is 0 Å².